The van der Waals surface area contributed by atoms with Crippen molar-refractivity contribution >= 4 is 5.91 Å². The molecule has 0 atom stereocenters. The maximum absolute atomic E-state index is 11.8. The van der Waals surface area contributed by atoms with Crippen molar-refractivity contribution in [1.29, 1.82) is 0 Å². The van der Waals surface area contributed by atoms with Crippen molar-refractivity contribution in [3.63, 3.8) is 0 Å². The Hall–Kier alpha value is -1.71. The maximum atomic E-state index is 11.8. The van der Waals surface area contributed by atoms with E-state index in [1.807, 2.05) is 0 Å². The predicted molar refractivity (Wildman–Crippen MR) is 68.5 cm³/mol. The van der Waals surface area contributed by atoms with E-state index in [1.54, 1.807) is 6.07 Å². The van der Waals surface area contributed by atoms with Crippen LogP contribution in [0.3, 0.4) is 0 Å². The van der Waals surface area contributed by atoms with E-state index in [4.69, 9.17) is 0 Å². The Morgan fingerprint density at radius 3 is 2.56 bits per heavy atom. The molecule has 2 rings (SSSR count). The summed E-state index contributed by atoms with van der Waals surface area (Å²) >= 11 is 0. The van der Waals surface area contributed by atoms with E-state index < -0.39 is 0 Å². The van der Waals surface area contributed by atoms with Crippen LogP contribution in [0.5, 0.6) is 11.5 Å². The molecule has 98 valence electrons. The number of rotatable bonds is 3. The van der Waals surface area contributed by atoms with Crippen LogP contribution in [0, 0.1) is 0 Å². The Morgan fingerprint density at radius 1 is 1.17 bits per heavy atom. The summed E-state index contributed by atoms with van der Waals surface area (Å²) in [5.41, 5.74) is 0.707. The topological polar surface area (TPSA) is 69.6 Å². The smallest absolute Gasteiger partial charge is 0.224 e. The number of amides is 1. The SMILES string of the molecule is O=C(Cc1ccc(O)c(O)c1)NC1CCCCC1. The summed E-state index contributed by atoms with van der Waals surface area (Å²) in [5.74, 6) is -0.364. The summed E-state index contributed by atoms with van der Waals surface area (Å²) in [6.07, 6.45) is 6.00. The molecule has 1 aliphatic carbocycles. The first-order chi connectivity index (χ1) is 8.65. The lowest BCUT2D eigenvalue weighted by Crippen LogP contribution is -2.37. The van der Waals surface area contributed by atoms with Crippen LogP contribution in [0.1, 0.15) is 37.7 Å². The molecule has 0 aliphatic heterocycles. The summed E-state index contributed by atoms with van der Waals surface area (Å²) < 4.78 is 0. The molecule has 1 aliphatic rings. The van der Waals surface area contributed by atoms with E-state index in [2.05, 4.69) is 5.32 Å². The standard InChI is InChI=1S/C14H19NO3/c16-12-7-6-10(8-13(12)17)9-14(18)15-11-4-2-1-3-5-11/h6-8,11,16-17H,1-5,9H2,(H,15,18). The minimum absolute atomic E-state index is 0.0213. The molecule has 0 heterocycles. The van der Waals surface area contributed by atoms with Crippen molar-refractivity contribution in [2.75, 3.05) is 0 Å². The van der Waals surface area contributed by atoms with Gasteiger partial charge in [-0.25, -0.2) is 0 Å². The van der Waals surface area contributed by atoms with Crippen molar-refractivity contribution in [2.45, 2.75) is 44.6 Å². The van der Waals surface area contributed by atoms with Crippen LogP contribution in [0.15, 0.2) is 18.2 Å². The highest BCUT2D eigenvalue weighted by atomic mass is 16.3. The van der Waals surface area contributed by atoms with Gasteiger partial charge in [0.05, 0.1) is 6.42 Å². The largest absolute Gasteiger partial charge is 0.504 e. The van der Waals surface area contributed by atoms with Gasteiger partial charge in [0, 0.05) is 6.04 Å². The summed E-state index contributed by atoms with van der Waals surface area (Å²) in [7, 11) is 0. The highest BCUT2D eigenvalue weighted by Crippen LogP contribution is 2.25. The van der Waals surface area contributed by atoms with Crippen LogP contribution in [-0.2, 0) is 11.2 Å². The molecule has 1 aromatic carbocycles. The number of nitrogens with one attached hydrogen (secondary N) is 1. The Labute approximate surface area is 107 Å². The van der Waals surface area contributed by atoms with Crippen molar-refractivity contribution in [2.24, 2.45) is 0 Å². The molecule has 18 heavy (non-hydrogen) atoms. The molecular weight excluding hydrogens is 230 g/mol. The monoisotopic (exact) mass is 249 g/mol. The third-order valence-corrected chi connectivity index (χ3v) is 3.37. The van der Waals surface area contributed by atoms with Gasteiger partial charge in [0.15, 0.2) is 11.5 Å². The normalized spacial score (nSPS) is 16.4. The predicted octanol–water partition coefficient (Wildman–Crippen LogP) is 2.09. The van der Waals surface area contributed by atoms with Crippen molar-refractivity contribution in [1.82, 2.24) is 5.32 Å². The highest BCUT2D eigenvalue weighted by Gasteiger charge is 2.15. The highest BCUT2D eigenvalue weighted by molar-refractivity contribution is 5.79. The Balaban J connectivity index is 1.88. The summed E-state index contributed by atoms with van der Waals surface area (Å²) in [5, 5.41) is 21.6. The zero-order chi connectivity index (χ0) is 13.0. The van der Waals surface area contributed by atoms with E-state index in [1.165, 1.54) is 31.4 Å². The van der Waals surface area contributed by atoms with Gasteiger partial charge in [-0.1, -0.05) is 25.3 Å². The first-order valence-corrected chi connectivity index (χ1v) is 6.45. The van der Waals surface area contributed by atoms with E-state index >= 15 is 0 Å². The molecule has 0 aromatic heterocycles. The fourth-order valence-corrected chi connectivity index (χ4v) is 2.39. The van der Waals surface area contributed by atoms with Gasteiger partial charge in [-0.05, 0) is 30.5 Å². The number of hydrogen-bond acceptors (Lipinski definition) is 3. The second kappa shape index (κ2) is 5.76. The Bertz CT molecular complexity index is 425. The van der Waals surface area contributed by atoms with Gasteiger partial charge < -0.3 is 15.5 Å². The third-order valence-electron chi connectivity index (χ3n) is 3.37. The molecule has 0 radical (unpaired) electrons. The third kappa shape index (κ3) is 3.39. The van der Waals surface area contributed by atoms with Crippen LogP contribution in [0.25, 0.3) is 0 Å². The molecule has 0 saturated heterocycles. The van der Waals surface area contributed by atoms with E-state index in [9.17, 15) is 15.0 Å². The first kappa shape index (κ1) is 12.7. The average molecular weight is 249 g/mol. The molecule has 4 nitrogen and oxygen atoms in total. The number of hydrogen-bond donors (Lipinski definition) is 3. The second-order valence-electron chi connectivity index (χ2n) is 4.90. The molecule has 1 aromatic rings. The van der Waals surface area contributed by atoms with Crippen LogP contribution in [-0.4, -0.2) is 22.2 Å². The number of carbonyl (C=O) groups excluding carboxylic acids is 1. The van der Waals surface area contributed by atoms with Crippen molar-refractivity contribution < 1.29 is 15.0 Å². The molecular formula is C14H19NO3. The summed E-state index contributed by atoms with van der Waals surface area (Å²) in [6, 6.07) is 4.78. The number of phenolic OH excluding ortho intramolecular Hbond substituents is 2. The molecule has 0 bridgehead atoms. The fraction of sp³-hybridized carbons (Fsp3) is 0.500. The van der Waals surface area contributed by atoms with Gasteiger partial charge in [-0.15, -0.1) is 0 Å². The van der Waals surface area contributed by atoms with Gasteiger partial charge in [-0.2, -0.15) is 0 Å². The zero-order valence-electron chi connectivity index (χ0n) is 10.4. The fourth-order valence-electron chi connectivity index (χ4n) is 2.39. The van der Waals surface area contributed by atoms with Crippen molar-refractivity contribution in [3.05, 3.63) is 23.8 Å². The van der Waals surface area contributed by atoms with Gasteiger partial charge in [0.1, 0.15) is 0 Å². The zero-order valence-corrected chi connectivity index (χ0v) is 10.4. The lowest BCUT2D eigenvalue weighted by Gasteiger charge is -2.22. The summed E-state index contributed by atoms with van der Waals surface area (Å²) in [6.45, 7) is 0. The molecule has 4 heteroatoms. The lowest BCUT2D eigenvalue weighted by molar-refractivity contribution is -0.121. The van der Waals surface area contributed by atoms with Gasteiger partial charge >= 0.3 is 0 Å². The molecule has 0 spiro atoms. The molecule has 1 saturated carbocycles. The second-order valence-corrected chi connectivity index (χ2v) is 4.90. The van der Waals surface area contributed by atoms with Crippen LogP contribution >= 0.6 is 0 Å². The Morgan fingerprint density at radius 2 is 1.89 bits per heavy atom. The molecule has 1 fully saturated rings. The van der Waals surface area contributed by atoms with E-state index in [-0.39, 0.29) is 23.8 Å². The van der Waals surface area contributed by atoms with Gasteiger partial charge in [-0.3, -0.25) is 4.79 Å². The minimum atomic E-state index is -0.182. The van der Waals surface area contributed by atoms with E-state index in [0.717, 1.165) is 12.8 Å². The van der Waals surface area contributed by atoms with Crippen LogP contribution < -0.4 is 5.32 Å². The van der Waals surface area contributed by atoms with Crippen LogP contribution in [0.4, 0.5) is 0 Å². The van der Waals surface area contributed by atoms with Crippen LogP contribution in [0.2, 0.25) is 0 Å². The quantitative estimate of drug-likeness (QED) is 0.718. The van der Waals surface area contributed by atoms with Gasteiger partial charge in [0.2, 0.25) is 5.91 Å². The average Bonchev–Trinajstić information content (AvgIpc) is 2.35. The number of aromatic hydroxyl groups is 2. The number of benzene rings is 1. The Kier molecular flexibility index (Phi) is 4.07. The number of phenols is 2. The molecule has 1 amide bonds. The van der Waals surface area contributed by atoms with Gasteiger partial charge in [0.25, 0.3) is 0 Å². The lowest BCUT2D eigenvalue weighted by atomic mass is 9.95. The molecule has 3 N–H and O–H groups in total. The first-order valence-electron chi connectivity index (χ1n) is 6.45. The minimum Gasteiger partial charge on any atom is -0.504 e. The molecule has 0 unspecified atom stereocenters. The number of carbonyl (C=O) groups is 1. The van der Waals surface area contributed by atoms with E-state index in [0.29, 0.717) is 11.6 Å². The summed E-state index contributed by atoms with van der Waals surface area (Å²) in [4.78, 5) is 11.8. The van der Waals surface area contributed by atoms with Crippen molar-refractivity contribution in [3.8, 4) is 11.5 Å². The maximum Gasteiger partial charge on any atom is 0.224 e.